The van der Waals surface area contributed by atoms with Gasteiger partial charge in [-0.3, -0.25) is 4.90 Å². The third-order valence-electron chi connectivity index (χ3n) is 4.12. The van der Waals surface area contributed by atoms with Crippen LogP contribution in [0.5, 0.6) is 0 Å². The van der Waals surface area contributed by atoms with Gasteiger partial charge >= 0.3 is 12.0 Å². The summed E-state index contributed by atoms with van der Waals surface area (Å²) in [7, 11) is 1.63. The molecule has 7 heteroatoms. The molecule has 6 nitrogen and oxygen atoms in total. The fraction of sp³-hybridized carbons (Fsp3) is 0.846. The van der Waals surface area contributed by atoms with Crippen molar-refractivity contribution in [1.29, 1.82) is 0 Å². The number of hydrogen-bond donors (Lipinski definition) is 2. The Labute approximate surface area is 123 Å². The summed E-state index contributed by atoms with van der Waals surface area (Å²) in [4.78, 5) is 26.6. The first-order valence-electron chi connectivity index (χ1n) is 6.94. The molecule has 2 atom stereocenters. The highest BCUT2D eigenvalue weighted by atomic mass is 32.2. The van der Waals surface area contributed by atoms with Crippen molar-refractivity contribution in [2.75, 3.05) is 19.3 Å². The van der Waals surface area contributed by atoms with Gasteiger partial charge in [0.25, 0.3) is 0 Å². The Kier molecular flexibility index (Phi) is 4.49. The number of rotatable bonds is 3. The smallest absolute Gasteiger partial charge is 0.327 e. The zero-order valence-electron chi connectivity index (χ0n) is 11.9. The molecule has 1 aliphatic heterocycles. The summed E-state index contributed by atoms with van der Waals surface area (Å²) in [5, 5.41) is 19.4. The second-order valence-electron chi connectivity index (χ2n) is 5.76. The molecule has 2 fully saturated rings. The molecule has 2 amide bonds. The van der Waals surface area contributed by atoms with Gasteiger partial charge in [-0.1, -0.05) is 12.8 Å². The highest BCUT2D eigenvalue weighted by molar-refractivity contribution is 8.00. The summed E-state index contributed by atoms with van der Waals surface area (Å²) in [6, 6.07) is -1.08. The van der Waals surface area contributed by atoms with Crippen LogP contribution < -0.4 is 0 Å². The first-order chi connectivity index (χ1) is 9.34. The van der Waals surface area contributed by atoms with Crippen LogP contribution in [0.4, 0.5) is 4.79 Å². The Balaban J connectivity index is 2.03. The van der Waals surface area contributed by atoms with Crippen LogP contribution >= 0.6 is 11.8 Å². The first-order valence-corrected chi connectivity index (χ1v) is 7.99. The molecule has 2 N–H and O–H groups in total. The van der Waals surface area contributed by atoms with E-state index in [1.165, 1.54) is 21.6 Å². The number of urea groups is 1. The zero-order valence-corrected chi connectivity index (χ0v) is 12.7. The number of carboxylic acids is 1. The quantitative estimate of drug-likeness (QED) is 0.818. The highest BCUT2D eigenvalue weighted by Crippen LogP contribution is 2.32. The van der Waals surface area contributed by atoms with Gasteiger partial charge in [0.2, 0.25) is 0 Å². The summed E-state index contributed by atoms with van der Waals surface area (Å²) in [5.41, 5.74) is -0.806. The van der Waals surface area contributed by atoms with Gasteiger partial charge in [-0.25, -0.2) is 9.59 Å². The Morgan fingerprint density at radius 1 is 1.40 bits per heavy atom. The molecule has 0 aromatic carbocycles. The van der Waals surface area contributed by atoms with Crippen molar-refractivity contribution in [2.45, 2.75) is 49.6 Å². The molecule has 0 spiro atoms. The SMILES string of the molecule is CC1SCC(C(=O)O)N1C(=O)N(C)CC1(O)CCCC1. The lowest BCUT2D eigenvalue weighted by Gasteiger charge is -2.34. The van der Waals surface area contributed by atoms with Crippen molar-refractivity contribution >= 4 is 23.8 Å². The number of likely N-dealkylation sites (N-methyl/N-ethyl adjacent to an activating group) is 1. The number of thioether (sulfide) groups is 1. The standard InChI is InChI=1S/C13H22N2O4S/c1-9-15(10(7-20-9)11(16)17)12(18)14(2)8-13(19)5-3-4-6-13/h9-10,19H,3-8H2,1-2H3,(H,16,17). The molecule has 0 bridgehead atoms. The van der Waals surface area contributed by atoms with Gasteiger partial charge in [0.05, 0.1) is 17.5 Å². The van der Waals surface area contributed by atoms with Crippen LogP contribution in [0.15, 0.2) is 0 Å². The van der Waals surface area contributed by atoms with Gasteiger partial charge in [-0.2, -0.15) is 0 Å². The third kappa shape index (κ3) is 3.03. The molecule has 2 rings (SSSR count). The van der Waals surface area contributed by atoms with Crippen molar-refractivity contribution in [3.05, 3.63) is 0 Å². The Morgan fingerprint density at radius 2 is 2.00 bits per heavy atom. The van der Waals surface area contributed by atoms with E-state index in [0.717, 1.165) is 12.8 Å². The van der Waals surface area contributed by atoms with Crippen LogP contribution in [0.1, 0.15) is 32.6 Å². The minimum atomic E-state index is -0.969. The van der Waals surface area contributed by atoms with Gasteiger partial charge in [-0.05, 0) is 19.8 Å². The second kappa shape index (κ2) is 5.81. The summed E-state index contributed by atoms with van der Waals surface area (Å²) >= 11 is 1.46. The first kappa shape index (κ1) is 15.4. The van der Waals surface area contributed by atoms with Crippen LogP contribution in [0.25, 0.3) is 0 Å². The maximum absolute atomic E-state index is 12.5. The molecular weight excluding hydrogens is 280 g/mol. The summed E-state index contributed by atoms with van der Waals surface area (Å²) in [6.45, 7) is 2.11. The minimum Gasteiger partial charge on any atom is -0.480 e. The Hall–Kier alpha value is -0.950. The average molecular weight is 302 g/mol. The molecular formula is C13H22N2O4S. The van der Waals surface area contributed by atoms with Crippen LogP contribution in [0.3, 0.4) is 0 Å². The van der Waals surface area contributed by atoms with Crippen molar-refractivity contribution in [2.24, 2.45) is 0 Å². The number of aliphatic hydroxyl groups is 1. The maximum Gasteiger partial charge on any atom is 0.327 e. The van der Waals surface area contributed by atoms with E-state index in [9.17, 15) is 19.8 Å². The number of carboxylic acid groups (broad SMARTS) is 1. The molecule has 1 saturated carbocycles. The van der Waals surface area contributed by atoms with E-state index < -0.39 is 17.6 Å². The van der Waals surface area contributed by atoms with E-state index in [4.69, 9.17) is 0 Å². The van der Waals surface area contributed by atoms with E-state index in [0.29, 0.717) is 18.6 Å². The van der Waals surface area contributed by atoms with E-state index in [1.54, 1.807) is 7.05 Å². The normalized spacial score (nSPS) is 28.6. The van der Waals surface area contributed by atoms with Crippen molar-refractivity contribution in [3.8, 4) is 0 Å². The van der Waals surface area contributed by atoms with E-state index in [2.05, 4.69) is 0 Å². The lowest BCUT2D eigenvalue weighted by Crippen LogP contribution is -2.53. The number of nitrogens with zero attached hydrogens (tertiary/aromatic N) is 2. The largest absolute Gasteiger partial charge is 0.480 e. The number of aliphatic carboxylic acids is 1. The van der Waals surface area contributed by atoms with E-state index in [1.807, 2.05) is 6.92 Å². The maximum atomic E-state index is 12.5. The zero-order chi connectivity index (χ0) is 14.9. The fourth-order valence-electron chi connectivity index (χ4n) is 3.02. The summed E-state index contributed by atoms with van der Waals surface area (Å²) in [5.74, 6) is -0.552. The molecule has 2 aliphatic rings. The van der Waals surface area contributed by atoms with Gasteiger partial charge < -0.3 is 15.1 Å². The minimum absolute atomic E-state index is 0.149. The second-order valence-corrected chi connectivity index (χ2v) is 7.11. The molecule has 1 saturated heterocycles. The summed E-state index contributed by atoms with van der Waals surface area (Å²) < 4.78 is 0. The number of amides is 2. The van der Waals surface area contributed by atoms with E-state index >= 15 is 0 Å². The van der Waals surface area contributed by atoms with Crippen molar-refractivity contribution in [1.82, 2.24) is 9.80 Å². The number of carbonyl (C=O) groups excluding carboxylic acids is 1. The molecule has 1 heterocycles. The molecule has 114 valence electrons. The fourth-order valence-corrected chi connectivity index (χ4v) is 4.18. The van der Waals surface area contributed by atoms with Crippen molar-refractivity contribution < 1.29 is 19.8 Å². The monoisotopic (exact) mass is 302 g/mol. The molecule has 0 radical (unpaired) electrons. The van der Waals surface area contributed by atoms with Crippen LogP contribution in [0.2, 0.25) is 0 Å². The molecule has 0 aromatic rings. The topological polar surface area (TPSA) is 81.1 Å². The van der Waals surface area contributed by atoms with Crippen LogP contribution in [-0.2, 0) is 4.79 Å². The molecule has 20 heavy (non-hydrogen) atoms. The number of hydrogen-bond acceptors (Lipinski definition) is 4. The third-order valence-corrected chi connectivity index (χ3v) is 5.34. The Bertz CT molecular complexity index is 398. The van der Waals surface area contributed by atoms with Gasteiger partial charge in [0.1, 0.15) is 6.04 Å². The summed E-state index contributed by atoms with van der Waals surface area (Å²) in [6.07, 6.45) is 3.37. The highest BCUT2D eigenvalue weighted by Gasteiger charge is 2.42. The van der Waals surface area contributed by atoms with Gasteiger partial charge in [0.15, 0.2) is 0 Å². The predicted octanol–water partition coefficient (Wildman–Crippen LogP) is 1.19. The Morgan fingerprint density at radius 3 is 2.55 bits per heavy atom. The molecule has 2 unspecified atom stereocenters. The lowest BCUT2D eigenvalue weighted by atomic mass is 10.0. The predicted molar refractivity (Wildman–Crippen MR) is 76.6 cm³/mol. The van der Waals surface area contributed by atoms with Crippen molar-refractivity contribution in [3.63, 3.8) is 0 Å². The van der Waals surface area contributed by atoms with Crippen LogP contribution in [0, 0.1) is 0 Å². The average Bonchev–Trinajstić information content (AvgIpc) is 2.94. The van der Waals surface area contributed by atoms with Gasteiger partial charge in [-0.15, -0.1) is 11.8 Å². The molecule has 1 aliphatic carbocycles. The molecule has 0 aromatic heterocycles. The number of carbonyl (C=O) groups is 2. The van der Waals surface area contributed by atoms with Crippen LogP contribution in [-0.4, -0.2) is 68.4 Å². The van der Waals surface area contributed by atoms with E-state index in [-0.39, 0.29) is 17.9 Å². The van der Waals surface area contributed by atoms with Gasteiger partial charge in [0, 0.05) is 12.8 Å². The lowest BCUT2D eigenvalue weighted by molar-refractivity contribution is -0.141.